The number of sulfonamides is 1. The second-order valence-electron chi connectivity index (χ2n) is 1.97. The van der Waals surface area contributed by atoms with E-state index in [1.54, 1.807) is 0 Å². The third-order valence-electron chi connectivity index (χ3n) is 0.957. The van der Waals surface area contributed by atoms with Crippen LogP contribution in [-0.2, 0) is 19.6 Å². The van der Waals surface area contributed by atoms with E-state index in [0.717, 1.165) is 6.92 Å². The molecule has 1 atom stereocenters. The van der Waals surface area contributed by atoms with Gasteiger partial charge in [-0.1, -0.05) is 18.2 Å². The summed E-state index contributed by atoms with van der Waals surface area (Å²) < 4.78 is 25.3. The molecular formula is C5H8ClNO4S. The number of rotatable bonds is 3. The van der Waals surface area contributed by atoms with Gasteiger partial charge in [0.1, 0.15) is 5.03 Å². The molecule has 0 spiro atoms. The molecule has 0 aliphatic rings. The summed E-state index contributed by atoms with van der Waals surface area (Å²) in [5.74, 6) is -1.00. The highest BCUT2D eigenvalue weighted by Crippen LogP contribution is 2.05. The van der Waals surface area contributed by atoms with E-state index in [4.69, 9.17) is 11.6 Å². The van der Waals surface area contributed by atoms with Crippen LogP contribution in [0.2, 0.25) is 0 Å². The Balaban J connectivity index is 4.31. The predicted octanol–water partition coefficient (Wildman–Crippen LogP) is -0.0834. The van der Waals surface area contributed by atoms with E-state index in [2.05, 4.69) is 16.5 Å². The molecule has 0 bridgehead atoms. The highest BCUT2D eigenvalue weighted by atomic mass is 35.5. The molecule has 0 radical (unpaired) electrons. The molecule has 0 aromatic carbocycles. The summed E-state index contributed by atoms with van der Waals surface area (Å²) in [6.45, 7) is 4.16. The van der Waals surface area contributed by atoms with Crippen molar-refractivity contribution in [2.45, 2.75) is 12.4 Å². The molecule has 0 aromatic heterocycles. The quantitative estimate of drug-likeness (QED) is 0.525. The standard InChI is InChI=1S/C5H8ClNO4S/c1-3(6)5(8)11-4(2)12(7,9)10/h4H,1H2,2H3,(H2,7,9,10). The van der Waals surface area contributed by atoms with Gasteiger partial charge in [-0.15, -0.1) is 0 Å². The SMILES string of the molecule is C=C(Cl)C(=O)OC(C)S(N)(=O)=O. The number of carbonyl (C=O) groups excluding carboxylic acids is 1. The predicted molar refractivity (Wildman–Crippen MR) is 43.7 cm³/mol. The molecule has 0 fully saturated rings. The molecule has 0 aliphatic heterocycles. The van der Waals surface area contributed by atoms with Gasteiger partial charge in [-0.3, -0.25) is 0 Å². The number of nitrogens with two attached hydrogens (primary N) is 1. The van der Waals surface area contributed by atoms with Crippen molar-refractivity contribution in [3.05, 3.63) is 11.6 Å². The van der Waals surface area contributed by atoms with Gasteiger partial charge in [-0.2, -0.15) is 0 Å². The average molecular weight is 214 g/mol. The van der Waals surface area contributed by atoms with E-state index in [1.807, 2.05) is 0 Å². The maximum atomic E-state index is 10.6. The van der Waals surface area contributed by atoms with Gasteiger partial charge in [0, 0.05) is 0 Å². The van der Waals surface area contributed by atoms with Crippen LogP contribution < -0.4 is 5.14 Å². The number of hydrogen-bond donors (Lipinski definition) is 1. The average Bonchev–Trinajstić information content (AvgIpc) is 1.85. The van der Waals surface area contributed by atoms with Crippen LogP contribution in [0.15, 0.2) is 11.6 Å². The van der Waals surface area contributed by atoms with Gasteiger partial charge >= 0.3 is 5.97 Å². The second-order valence-corrected chi connectivity index (χ2v) is 4.27. The van der Waals surface area contributed by atoms with Gasteiger partial charge in [0.2, 0.25) is 15.5 Å². The Bertz CT molecular complexity index is 297. The Hall–Kier alpha value is -0.590. The number of esters is 1. The molecule has 12 heavy (non-hydrogen) atoms. The summed E-state index contributed by atoms with van der Waals surface area (Å²) in [5, 5.41) is 4.25. The smallest absolute Gasteiger partial charge is 0.350 e. The Kier molecular flexibility index (Phi) is 3.69. The zero-order valence-electron chi connectivity index (χ0n) is 6.28. The van der Waals surface area contributed by atoms with Crippen molar-refractivity contribution in [1.82, 2.24) is 0 Å². The first kappa shape index (κ1) is 11.4. The van der Waals surface area contributed by atoms with E-state index in [-0.39, 0.29) is 0 Å². The first-order valence-electron chi connectivity index (χ1n) is 2.82. The molecule has 0 heterocycles. The van der Waals surface area contributed by atoms with Gasteiger partial charge < -0.3 is 4.74 Å². The van der Waals surface area contributed by atoms with E-state index in [9.17, 15) is 13.2 Å². The maximum absolute atomic E-state index is 10.6. The molecule has 2 N–H and O–H groups in total. The molecule has 0 rings (SSSR count). The Morgan fingerprint density at radius 1 is 1.67 bits per heavy atom. The summed E-state index contributed by atoms with van der Waals surface area (Å²) in [4.78, 5) is 10.6. The van der Waals surface area contributed by atoms with Crippen LogP contribution in [0, 0.1) is 0 Å². The van der Waals surface area contributed by atoms with E-state index < -0.39 is 26.5 Å². The minimum absolute atomic E-state index is 0.398. The molecule has 70 valence electrons. The van der Waals surface area contributed by atoms with Crippen molar-refractivity contribution in [2.75, 3.05) is 0 Å². The number of primary sulfonamides is 1. The lowest BCUT2D eigenvalue weighted by Crippen LogP contribution is -2.30. The van der Waals surface area contributed by atoms with Crippen LogP contribution in [0.3, 0.4) is 0 Å². The second kappa shape index (κ2) is 3.88. The molecule has 5 nitrogen and oxygen atoms in total. The van der Waals surface area contributed by atoms with Gasteiger partial charge in [0.15, 0.2) is 0 Å². The Labute approximate surface area is 75.2 Å². The first-order valence-corrected chi connectivity index (χ1v) is 4.81. The highest BCUT2D eigenvalue weighted by Gasteiger charge is 2.20. The van der Waals surface area contributed by atoms with Crippen LogP contribution in [0.25, 0.3) is 0 Å². The number of ether oxygens (including phenoxy) is 1. The van der Waals surface area contributed by atoms with Crippen LogP contribution >= 0.6 is 11.6 Å². The summed E-state index contributed by atoms with van der Waals surface area (Å²) in [5.41, 5.74) is -1.42. The summed E-state index contributed by atoms with van der Waals surface area (Å²) >= 11 is 5.12. The fraction of sp³-hybridized carbons (Fsp3) is 0.400. The molecule has 0 saturated carbocycles. The molecule has 1 unspecified atom stereocenters. The number of halogens is 1. The summed E-state index contributed by atoms with van der Waals surface area (Å²) in [6, 6.07) is 0. The Morgan fingerprint density at radius 3 is 2.33 bits per heavy atom. The summed E-state index contributed by atoms with van der Waals surface area (Å²) in [7, 11) is -3.87. The van der Waals surface area contributed by atoms with Gasteiger partial charge in [-0.05, 0) is 6.92 Å². The van der Waals surface area contributed by atoms with Crippen molar-refractivity contribution in [3.8, 4) is 0 Å². The third kappa shape index (κ3) is 3.70. The molecular weight excluding hydrogens is 206 g/mol. The lowest BCUT2D eigenvalue weighted by atomic mass is 10.6. The molecule has 0 amide bonds. The van der Waals surface area contributed by atoms with E-state index in [1.165, 1.54) is 0 Å². The van der Waals surface area contributed by atoms with Crippen LogP contribution in [0.5, 0.6) is 0 Å². The normalized spacial score (nSPS) is 13.6. The minimum Gasteiger partial charge on any atom is -0.441 e. The zero-order valence-corrected chi connectivity index (χ0v) is 7.85. The molecule has 7 heteroatoms. The third-order valence-corrected chi connectivity index (χ3v) is 2.13. The Morgan fingerprint density at radius 2 is 2.08 bits per heavy atom. The monoisotopic (exact) mass is 213 g/mol. The van der Waals surface area contributed by atoms with Gasteiger partial charge in [-0.25, -0.2) is 18.4 Å². The molecule has 0 saturated heterocycles. The van der Waals surface area contributed by atoms with Crippen molar-refractivity contribution in [2.24, 2.45) is 5.14 Å². The van der Waals surface area contributed by atoms with E-state index in [0.29, 0.717) is 0 Å². The lowest BCUT2D eigenvalue weighted by molar-refractivity contribution is -0.139. The fourth-order valence-corrected chi connectivity index (χ4v) is 0.548. The lowest BCUT2D eigenvalue weighted by Gasteiger charge is -2.09. The summed E-state index contributed by atoms with van der Waals surface area (Å²) in [6.07, 6.45) is 0. The number of hydrogen-bond acceptors (Lipinski definition) is 4. The maximum Gasteiger partial charge on any atom is 0.350 e. The van der Waals surface area contributed by atoms with Crippen LogP contribution in [0.4, 0.5) is 0 Å². The van der Waals surface area contributed by atoms with Crippen molar-refractivity contribution >= 4 is 27.6 Å². The molecule has 0 aromatic rings. The zero-order chi connectivity index (χ0) is 9.94. The topological polar surface area (TPSA) is 86.5 Å². The highest BCUT2D eigenvalue weighted by molar-refractivity contribution is 7.89. The molecule has 0 aliphatic carbocycles. The van der Waals surface area contributed by atoms with Gasteiger partial charge in [0.25, 0.3) is 0 Å². The minimum atomic E-state index is -3.87. The fourth-order valence-electron chi connectivity index (χ4n) is 0.282. The first-order chi connectivity index (χ1) is 5.25. The van der Waals surface area contributed by atoms with Crippen molar-refractivity contribution in [1.29, 1.82) is 0 Å². The van der Waals surface area contributed by atoms with Gasteiger partial charge in [0.05, 0.1) is 0 Å². The van der Waals surface area contributed by atoms with Crippen molar-refractivity contribution < 1.29 is 17.9 Å². The van der Waals surface area contributed by atoms with Crippen LogP contribution in [0.1, 0.15) is 6.92 Å². The largest absolute Gasteiger partial charge is 0.441 e. The van der Waals surface area contributed by atoms with E-state index >= 15 is 0 Å². The number of carbonyl (C=O) groups is 1. The van der Waals surface area contributed by atoms with Crippen molar-refractivity contribution in [3.63, 3.8) is 0 Å². The van der Waals surface area contributed by atoms with Crippen LogP contribution in [-0.4, -0.2) is 19.8 Å².